The molecular weight excluding hydrogens is 377 g/mol. The number of halogens is 3. The van der Waals surface area contributed by atoms with E-state index in [1.54, 1.807) is 6.07 Å². The minimum Gasteiger partial charge on any atom is -0.487 e. The van der Waals surface area contributed by atoms with Gasteiger partial charge in [0.25, 0.3) is 0 Å². The topological polar surface area (TPSA) is 22.1 Å². The average Bonchev–Trinajstić information content (AvgIpc) is 2.39. The van der Waals surface area contributed by atoms with Gasteiger partial charge >= 0.3 is 0 Å². The van der Waals surface area contributed by atoms with Crippen LogP contribution < -0.4 is 4.74 Å². The molecule has 1 aromatic heterocycles. The summed E-state index contributed by atoms with van der Waals surface area (Å²) in [5.41, 5.74) is 2.70. The lowest BCUT2D eigenvalue weighted by Gasteiger charge is -2.11. The Labute approximate surface area is 128 Å². The minimum absolute atomic E-state index is 0.270. The Bertz CT molecular complexity index is 590. The van der Waals surface area contributed by atoms with Crippen LogP contribution in [0.5, 0.6) is 5.75 Å². The van der Waals surface area contributed by atoms with Crippen LogP contribution >= 0.6 is 31.9 Å². The zero-order chi connectivity index (χ0) is 13.8. The molecule has 0 spiro atoms. The lowest BCUT2D eigenvalue weighted by molar-refractivity contribution is 0.301. The summed E-state index contributed by atoms with van der Waals surface area (Å²) >= 11 is 6.71. The Morgan fingerprint density at radius 1 is 1.26 bits per heavy atom. The fraction of sp³-hybridized carbons (Fsp3) is 0.214. The van der Waals surface area contributed by atoms with Gasteiger partial charge < -0.3 is 4.74 Å². The van der Waals surface area contributed by atoms with Gasteiger partial charge in [-0.1, -0.05) is 37.9 Å². The van der Waals surface area contributed by atoms with Crippen molar-refractivity contribution < 1.29 is 9.13 Å². The smallest absolute Gasteiger partial charge is 0.142 e. The predicted octanol–water partition coefficient (Wildman–Crippen LogP) is 4.77. The van der Waals surface area contributed by atoms with E-state index in [1.807, 2.05) is 19.1 Å². The molecule has 2 rings (SSSR count). The summed E-state index contributed by atoms with van der Waals surface area (Å²) in [6.45, 7) is 2.30. The van der Waals surface area contributed by atoms with E-state index in [9.17, 15) is 4.39 Å². The van der Waals surface area contributed by atoms with E-state index in [1.165, 1.54) is 12.1 Å². The second-order valence-electron chi connectivity index (χ2n) is 4.06. The molecule has 0 saturated heterocycles. The first-order valence-corrected chi connectivity index (χ1v) is 7.61. The Balaban J connectivity index is 2.14. The van der Waals surface area contributed by atoms with Crippen molar-refractivity contribution in [3.63, 3.8) is 0 Å². The number of rotatable bonds is 4. The van der Waals surface area contributed by atoms with Crippen LogP contribution in [0.4, 0.5) is 4.39 Å². The summed E-state index contributed by atoms with van der Waals surface area (Å²) in [6, 6.07) is 8.35. The lowest BCUT2D eigenvalue weighted by Crippen LogP contribution is -2.01. The Morgan fingerprint density at radius 2 is 2.05 bits per heavy atom. The monoisotopic (exact) mass is 387 g/mol. The average molecular weight is 389 g/mol. The predicted molar refractivity (Wildman–Crippen MR) is 80.0 cm³/mol. The third-order valence-electron chi connectivity index (χ3n) is 2.60. The van der Waals surface area contributed by atoms with Crippen LogP contribution in [-0.2, 0) is 11.9 Å². The van der Waals surface area contributed by atoms with Crippen molar-refractivity contribution in [1.29, 1.82) is 0 Å². The Kier molecular flexibility index (Phi) is 4.93. The van der Waals surface area contributed by atoms with Crippen molar-refractivity contribution in [2.45, 2.75) is 18.9 Å². The molecular formula is C14H12Br2FNO. The van der Waals surface area contributed by atoms with Crippen LogP contribution in [-0.4, -0.2) is 4.98 Å². The number of hydrogen-bond donors (Lipinski definition) is 0. The number of benzene rings is 1. The quantitative estimate of drug-likeness (QED) is 0.704. The van der Waals surface area contributed by atoms with Gasteiger partial charge in [-0.05, 0) is 31.2 Å². The molecule has 0 amide bonds. The number of aryl methyl sites for hydroxylation is 1. The van der Waals surface area contributed by atoms with Gasteiger partial charge in [0.05, 0.1) is 5.69 Å². The first-order chi connectivity index (χ1) is 9.10. The van der Waals surface area contributed by atoms with Crippen molar-refractivity contribution >= 4 is 31.9 Å². The molecule has 2 nitrogen and oxygen atoms in total. The Hall–Kier alpha value is -0.940. The van der Waals surface area contributed by atoms with Gasteiger partial charge in [0, 0.05) is 21.1 Å². The van der Waals surface area contributed by atoms with Crippen molar-refractivity contribution in [2.75, 3.05) is 0 Å². The number of nitrogens with zero attached hydrogens (tertiary/aromatic N) is 1. The molecule has 0 saturated carbocycles. The first kappa shape index (κ1) is 14.5. The van der Waals surface area contributed by atoms with Gasteiger partial charge in [-0.3, -0.25) is 4.98 Å². The molecule has 0 atom stereocenters. The van der Waals surface area contributed by atoms with E-state index >= 15 is 0 Å². The van der Waals surface area contributed by atoms with Gasteiger partial charge in [0.15, 0.2) is 0 Å². The van der Waals surface area contributed by atoms with Crippen LogP contribution in [0.15, 0.2) is 34.8 Å². The van der Waals surface area contributed by atoms with E-state index in [0.29, 0.717) is 16.4 Å². The molecule has 19 heavy (non-hydrogen) atoms. The third kappa shape index (κ3) is 3.76. The summed E-state index contributed by atoms with van der Waals surface area (Å²) in [5.74, 6) is 0.465. The second kappa shape index (κ2) is 6.48. The summed E-state index contributed by atoms with van der Waals surface area (Å²) in [6.07, 6.45) is 0. The highest BCUT2D eigenvalue weighted by atomic mass is 79.9. The maximum absolute atomic E-state index is 13.0. The molecule has 0 radical (unpaired) electrons. The molecule has 0 fully saturated rings. The van der Waals surface area contributed by atoms with Crippen molar-refractivity contribution in [3.05, 3.63) is 57.6 Å². The number of ether oxygens (including phenoxy) is 1. The fourth-order valence-electron chi connectivity index (χ4n) is 1.62. The number of alkyl halides is 1. The SMILES string of the molecule is Cc1ccc(OCc2ccc(F)cc2Br)c(CBr)n1. The molecule has 0 aliphatic rings. The molecule has 1 aromatic carbocycles. The van der Waals surface area contributed by atoms with Gasteiger partial charge in [0.2, 0.25) is 0 Å². The van der Waals surface area contributed by atoms with Crippen molar-refractivity contribution in [3.8, 4) is 5.75 Å². The molecule has 0 aliphatic carbocycles. The van der Waals surface area contributed by atoms with Crippen LogP contribution in [0.25, 0.3) is 0 Å². The highest BCUT2D eigenvalue weighted by Gasteiger charge is 2.07. The Morgan fingerprint density at radius 3 is 2.74 bits per heavy atom. The van der Waals surface area contributed by atoms with Gasteiger partial charge in [-0.25, -0.2) is 4.39 Å². The zero-order valence-electron chi connectivity index (χ0n) is 10.3. The van der Waals surface area contributed by atoms with Crippen molar-refractivity contribution in [2.24, 2.45) is 0 Å². The lowest BCUT2D eigenvalue weighted by atomic mass is 10.2. The van der Waals surface area contributed by atoms with E-state index < -0.39 is 0 Å². The van der Waals surface area contributed by atoms with Crippen LogP contribution in [0.3, 0.4) is 0 Å². The summed E-state index contributed by atoms with van der Waals surface area (Å²) in [7, 11) is 0. The second-order valence-corrected chi connectivity index (χ2v) is 5.47. The summed E-state index contributed by atoms with van der Waals surface area (Å²) in [5, 5.41) is 0.634. The normalized spacial score (nSPS) is 10.5. The number of hydrogen-bond acceptors (Lipinski definition) is 2. The maximum Gasteiger partial charge on any atom is 0.142 e. The largest absolute Gasteiger partial charge is 0.487 e. The van der Waals surface area contributed by atoms with Gasteiger partial charge in [-0.2, -0.15) is 0 Å². The standard InChI is InChI=1S/C14H12Br2FNO/c1-9-2-5-14(13(7-15)18-9)19-8-10-3-4-11(17)6-12(10)16/h2-6H,7-8H2,1H3. The van der Waals surface area contributed by atoms with Gasteiger partial charge in [-0.15, -0.1) is 0 Å². The zero-order valence-corrected chi connectivity index (χ0v) is 13.5. The van der Waals surface area contributed by atoms with Crippen LogP contribution in [0, 0.1) is 12.7 Å². The molecule has 0 unspecified atom stereocenters. The molecule has 0 N–H and O–H groups in total. The molecule has 0 bridgehead atoms. The maximum atomic E-state index is 13.0. The molecule has 2 aromatic rings. The van der Waals surface area contributed by atoms with Crippen molar-refractivity contribution in [1.82, 2.24) is 4.98 Å². The van der Waals surface area contributed by atoms with Crippen LogP contribution in [0.1, 0.15) is 17.0 Å². The fourth-order valence-corrected chi connectivity index (χ4v) is 2.49. The van der Waals surface area contributed by atoms with E-state index in [-0.39, 0.29) is 5.82 Å². The number of pyridine rings is 1. The first-order valence-electron chi connectivity index (χ1n) is 5.69. The third-order valence-corrected chi connectivity index (χ3v) is 3.87. The van der Waals surface area contributed by atoms with E-state index in [2.05, 4.69) is 36.8 Å². The summed E-state index contributed by atoms with van der Waals surface area (Å²) in [4.78, 5) is 4.40. The van der Waals surface area contributed by atoms with E-state index in [0.717, 1.165) is 22.7 Å². The minimum atomic E-state index is -0.270. The molecule has 100 valence electrons. The molecule has 1 heterocycles. The molecule has 0 aliphatic heterocycles. The summed E-state index contributed by atoms with van der Waals surface area (Å²) < 4.78 is 19.4. The highest BCUT2D eigenvalue weighted by molar-refractivity contribution is 9.10. The number of aromatic nitrogens is 1. The van der Waals surface area contributed by atoms with Gasteiger partial charge in [0.1, 0.15) is 18.2 Å². The van der Waals surface area contributed by atoms with E-state index in [4.69, 9.17) is 4.74 Å². The molecule has 5 heteroatoms. The highest BCUT2D eigenvalue weighted by Crippen LogP contribution is 2.23. The van der Waals surface area contributed by atoms with Crippen LogP contribution in [0.2, 0.25) is 0 Å².